The maximum absolute atomic E-state index is 12.6. The molecule has 0 aromatic heterocycles. The van der Waals surface area contributed by atoms with E-state index in [0.29, 0.717) is 20.8 Å². The Hall–Kier alpha value is -3.09. The number of halogens is 4. The summed E-state index contributed by atoms with van der Waals surface area (Å²) in [6.45, 7) is 0.184. The Labute approximate surface area is 217 Å². The zero-order chi connectivity index (χ0) is 24.8. The maximum Gasteiger partial charge on any atom is 0.271 e. The predicted octanol–water partition coefficient (Wildman–Crippen LogP) is 7.44. The molecule has 0 saturated carbocycles. The van der Waals surface area contributed by atoms with Crippen molar-refractivity contribution in [3.8, 4) is 11.8 Å². The zero-order valence-electron chi connectivity index (χ0n) is 17.0. The summed E-state index contributed by atoms with van der Waals surface area (Å²) in [5.41, 5.74) is 0.697. The van der Waals surface area contributed by atoms with Crippen LogP contribution in [0.1, 0.15) is 11.1 Å². The average molecular weight is 582 g/mol. The molecule has 0 unspecified atom stereocenters. The third kappa shape index (κ3) is 6.27. The molecule has 11 heteroatoms. The molecule has 7 nitrogen and oxygen atoms in total. The Balaban J connectivity index is 1.81. The minimum absolute atomic E-state index is 0.00421. The Morgan fingerprint density at radius 2 is 1.85 bits per heavy atom. The molecule has 0 aliphatic heterocycles. The van der Waals surface area contributed by atoms with E-state index in [9.17, 15) is 20.2 Å². The SMILES string of the molecule is N#C/C(=C\c1cc(Cl)c(OCc2ccccc2Cl)c(Br)c1)C(=O)Nc1cc([N+](=O)[O-])ccc1Cl. The van der Waals surface area contributed by atoms with Gasteiger partial charge in [-0.3, -0.25) is 14.9 Å². The van der Waals surface area contributed by atoms with Gasteiger partial charge in [-0.05, 0) is 51.8 Å². The van der Waals surface area contributed by atoms with Gasteiger partial charge >= 0.3 is 0 Å². The summed E-state index contributed by atoms with van der Waals surface area (Å²) >= 11 is 21.9. The summed E-state index contributed by atoms with van der Waals surface area (Å²) in [6, 6.07) is 15.8. The summed E-state index contributed by atoms with van der Waals surface area (Å²) in [5.74, 6) is -0.429. The second kappa shape index (κ2) is 11.4. The van der Waals surface area contributed by atoms with Crippen molar-refractivity contribution in [1.82, 2.24) is 0 Å². The summed E-state index contributed by atoms with van der Waals surface area (Å²) < 4.78 is 6.29. The molecule has 1 N–H and O–H groups in total. The summed E-state index contributed by atoms with van der Waals surface area (Å²) in [4.78, 5) is 22.9. The van der Waals surface area contributed by atoms with Gasteiger partial charge in [-0.25, -0.2) is 0 Å². The first-order valence-electron chi connectivity index (χ1n) is 9.42. The number of benzene rings is 3. The number of hydrogen-bond donors (Lipinski definition) is 1. The van der Waals surface area contributed by atoms with Crippen molar-refractivity contribution in [2.45, 2.75) is 6.61 Å². The monoisotopic (exact) mass is 579 g/mol. The van der Waals surface area contributed by atoms with Gasteiger partial charge in [0.05, 0.1) is 25.1 Å². The van der Waals surface area contributed by atoms with E-state index >= 15 is 0 Å². The molecule has 3 aromatic rings. The van der Waals surface area contributed by atoms with E-state index in [2.05, 4.69) is 21.2 Å². The van der Waals surface area contributed by atoms with Crippen molar-refractivity contribution in [3.63, 3.8) is 0 Å². The van der Waals surface area contributed by atoms with E-state index in [1.807, 2.05) is 18.2 Å². The van der Waals surface area contributed by atoms with Crippen LogP contribution in [-0.4, -0.2) is 10.8 Å². The molecule has 0 atom stereocenters. The molecule has 1 amide bonds. The molecule has 34 heavy (non-hydrogen) atoms. The lowest BCUT2D eigenvalue weighted by atomic mass is 10.1. The lowest BCUT2D eigenvalue weighted by Crippen LogP contribution is -2.14. The molecular weight excluding hydrogens is 569 g/mol. The number of carbonyl (C=O) groups excluding carboxylic acids is 1. The number of nitro groups is 1. The lowest BCUT2D eigenvalue weighted by Gasteiger charge is -2.12. The number of rotatable bonds is 7. The summed E-state index contributed by atoms with van der Waals surface area (Å²) in [6.07, 6.45) is 1.31. The predicted molar refractivity (Wildman–Crippen MR) is 135 cm³/mol. The number of hydrogen-bond acceptors (Lipinski definition) is 5. The van der Waals surface area contributed by atoms with E-state index in [1.54, 1.807) is 18.2 Å². The van der Waals surface area contributed by atoms with Crippen molar-refractivity contribution >= 4 is 74.1 Å². The van der Waals surface area contributed by atoms with Crippen molar-refractivity contribution < 1.29 is 14.5 Å². The first-order valence-corrected chi connectivity index (χ1v) is 11.3. The molecule has 0 saturated heterocycles. The molecule has 0 bridgehead atoms. The molecule has 0 radical (unpaired) electrons. The van der Waals surface area contributed by atoms with Crippen molar-refractivity contribution in [2.75, 3.05) is 5.32 Å². The van der Waals surface area contributed by atoms with Crippen LogP contribution in [0, 0.1) is 21.4 Å². The van der Waals surface area contributed by atoms with Gasteiger partial charge in [0, 0.05) is 22.7 Å². The highest BCUT2D eigenvalue weighted by Gasteiger charge is 2.16. The molecule has 0 aliphatic carbocycles. The number of nitrogens with one attached hydrogen (secondary N) is 1. The molecule has 0 heterocycles. The minimum Gasteiger partial charge on any atom is -0.486 e. The van der Waals surface area contributed by atoms with Gasteiger partial charge in [0.1, 0.15) is 18.2 Å². The quantitative estimate of drug-likeness (QED) is 0.135. The maximum atomic E-state index is 12.6. The van der Waals surface area contributed by atoms with Crippen LogP contribution in [0.2, 0.25) is 15.1 Å². The van der Waals surface area contributed by atoms with Crippen molar-refractivity contribution in [3.05, 3.63) is 101 Å². The second-order valence-corrected chi connectivity index (χ2v) is 8.81. The van der Waals surface area contributed by atoms with Gasteiger partial charge in [0.15, 0.2) is 5.75 Å². The fourth-order valence-electron chi connectivity index (χ4n) is 2.79. The fraction of sp³-hybridized carbons (Fsp3) is 0.0435. The highest BCUT2D eigenvalue weighted by molar-refractivity contribution is 9.10. The molecular formula is C23H13BrCl3N3O4. The van der Waals surface area contributed by atoms with Crippen molar-refractivity contribution in [1.29, 1.82) is 5.26 Å². The first-order chi connectivity index (χ1) is 16.2. The number of ether oxygens (including phenoxy) is 1. The highest BCUT2D eigenvalue weighted by Crippen LogP contribution is 2.36. The van der Waals surface area contributed by atoms with E-state index in [0.717, 1.165) is 11.6 Å². The third-order valence-corrected chi connectivity index (χ3v) is 6.00. The largest absolute Gasteiger partial charge is 0.486 e. The normalized spacial score (nSPS) is 11.0. The van der Waals surface area contributed by atoms with E-state index in [1.165, 1.54) is 24.3 Å². The van der Waals surface area contributed by atoms with Crippen molar-refractivity contribution in [2.24, 2.45) is 0 Å². The molecule has 172 valence electrons. The molecule has 3 rings (SSSR count). The van der Waals surface area contributed by atoms with E-state index in [4.69, 9.17) is 39.5 Å². The molecule has 0 spiro atoms. The van der Waals surface area contributed by atoms with E-state index in [-0.39, 0.29) is 33.6 Å². The van der Waals surface area contributed by atoms with Crippen LogP contribution in [0.4, 0.5) is 11.4 Å². The fourth-order valence-corrected chi connectivity index (χ4v) is 4.14. The number of nitro benzene ring substituents is 1. The first kappa shape index (κ1) is 25.5. The number of non-ortho nitro benzene ring substituents is 1. The third-order valence-electron chi connectivity index (χ3n) is 4.44. The number of nitrogens with zero attached hydrogens (tertiary/aromatic N) is 2. The Morgan fingerprint density at radius 1 is 1.12 bits per heavy atom. The Kier molecular flexibility index (Phi) is 8.53. The molecule has 0 fully saturated rings. The van der Waals surface area contributed by atoms with Gasteiger partial charge in [0.2, 0.25) is 0 Å². The molecule has 3 aromatic carbocycles. The number of carbonyl (C=O) groups is 1. The van der Waals surface area contributed by atoms with Crippen LogP contribution in [0.15, 0.2) is 64.6 Å². The summed E-state index contributed by atoms with van der Waals surface area (Å²) in [7, 11) is 0. The summed E-state index contributed by atoms with van der Waals surface area (Å²) in [5, 5.41) is 23.7. The Morgan fingerprint density at radius 3 is 2.50 bits per heavy atom. The van der Waals surface area contributed by atoms with Crippen LogP contribution in [0.3, 0.4) is 0 Å². The number of nitriles is 1. The van der Waals surface area contributed by atoms with Gasteiger partial charge in [-0.2, -0.15) is 5.26 Å². The Bertz CT molecular complexity index is 1330. The lowest BCUT2D eigenvalue weighted by molar-refractivity contribution is -0.384. The van der Waals surface area contributed by atoms with Gasteiger partial charge < -0.3 is 10.1 Å². The van der Waals surface area contributed by atoms with E-state index < -0.39 is 10.8 Å². The highest BCUT2D eigenvalue weighted by atomic mass is 79.9. The van der Waals surface area contributed by atoms with Crippen LogP contribution >= 0.6 is 50.7 Å². The van der Waals surface area contributed by atoms with Crippen LogP contribution in [0.5, 0.6) is 5.75 Å². The topological polar surface area (TPSA) is 105 Å². The zero-order valence-corrected chi connectivity index (χ0v) is 20.9. The van der Waals surface area contributed by atoms with Gasteiger partial charge in [-0.15, -0.1) is 0 Å². The second-order valence-electron chi connectivity index (χ2n) is 6.74. The molecule has 0 aliphatic rings. The van der Waals surface area contributed by atoms with Gasteiger partial charge in [0.25, 0.3) is 11.6 Å². The van der Waals surface area contributed by atoms with Crippen LogP contribution in [-0.2, 0) is 11.4 Å². The number of anilines is 1. The van der Waals surface area contributed by atoms with Crippen LogP contribution < -0.4 is 10.1 Å². The smallest absolute Gasteiger partial charge is 0.271 e. The van der Waals surface area contributed by atoms with Crippen LogP contribution in [0.25, 0.3) is 6.08 Å². The van der Waals surface area contributed by atoms with Gasteiger partial charge in [-0.1, -0.05) is 53.0 Å². The average Bonchev–Trinajstić information content (AvgIpc) is 2.79. The number of amides is 1. The minimum atomic E-state index is -0.795. The standard InChI is InChI=1S/C23H13BrCl3N3O4/c24-17-8-13(9-20(27)22(17)34-12-14-3-1-2-4-18(14)25)7-15(11-28)23(31)29-21-10-16(30(32)33)5-6-19(21)26/h1-10H,12H2,(H,29,31)/b15-7+.